The number of rotatable bonds is 6. The molecular weight excluding hydrogens is 548 g/mol. The maximum atomic E-state index is 13.6. The molecule has 1 aliphatic carbocycles. The SMILES string of the molecule is Cc1ccc(S(=O)(=O)c2cccc3cc(S(=O)(=O)O)c(N=Nc4ccc(C5CCCCC5)cc4C)c(O)c23)cc1. The van der Waals surface area contributed by atoms with Crippen molar-refractivity contribution >= 4 is 42.1 Å². The first kappa shape index (κ1) is 27.9. The summed E-state index contributed by atoms with van der Waals surface area (Å²) in [4.78, 5) is -0.888. The minimum Gasteiger partial charge on any atom is -0.505 e. The summed E-state index contributed by atoms with van der Waals surface area (Å²) in [5, 5.41) is 19.5. The number of phenolic OH excluding ortho intramolecular Hbond substituents is 1. The van der Waals surface area contributed by atoms with Gasteiger partial charge in [-0.3, -0.25) is 4.55 Å². The summed E-state index contributed by atoms with van der Waals surface area (Å²) >= 11 is 0. The number of phenols is 1. The van der Waals surface area contributed by atoms with Crippen LogP contribution in [0.3, 0.4) is 0 Å². The third-order valence-corrected chi connectivity index (χ3v) is 10.2. The Morgan fingerprint density at radius 2 is 1.50 bits per heavy atom. The third-order valence-electron chi connectivity index (χ3n) is 7.49. The van der Waals surface area contributed by atoms with Gasteiger partial charge in [-0.05, 0) is 79.5 Å². The van der Waals surface area contributed by atoms with Gasteiger partial charge in [0.1, 0.15) is 10.6 Å². The largest absolute Gasteiger partial charge is 0.505 e. The molecule has 2 N–H and O–H groups in total. The lowest BCUT2D eigenvalue weighted by Gasteiger charge is -2.22. The Bertz CT molecular complexity index is 1840. The van der Waals surface area contributed by atoms with E-state index in [2.05, 4.69) is 10.2 Å². The fourth-order valence-electron chi connectivity index (χ4n) is 5.31. The van der Waals surface area contributed by atoms with E-state index < -0.39 is 36.3 Å². The quantitative estimate of drug-likeness (QED) is 0.178. The Balaban J connectivity index is 1.65. The molecule has 0 spiro atoms. The lowest BCUT2D eigenvalue weighted by atomic mass is 9.83. The summed E-state index contributed by atoms with van der Waals surface area (Å²) in [6, 6.07) is 17.4. The van der Waals surface area contributed by atoms with Gasteiger partial charge in [-0.15, -0.1) is 5.11 Å². The van der Waals surface area contributed by atoms with E-state index in [0.29, 0.717) is 11.6 Å². The molecule has 0 aliphatic heterocycles. The zero-order chi connectivity index (χ0) is 28.7. The van der Waals surface area contributed by atoms with Crippen LogP contribution < -0.4 is 0 Å². The second-order valence-corrected chi connectivity index (χ2v) is 13.6. The normalized spacial score (nSPS) is 15.2. The molecule has 40 heavy (non-hydrogen) atoms. The highest BCUT2D eigenvalue weighted by Gasteiger charge is 2.28. The second kappa shape index (κ2) is 10.8. The number of aromatic hydroxyl groups is 1. The highest BCUT2D eigenvalue weighted by Crippen LogP contribution is 2.45. The van der Waals surface area contributed by atoms with Crippen molar-refractivity contribution in [3.05, 3.63) is 83.4 Å². The van der Waals surface area contributed by atoms with Crippen LogP contribution in [0.5, 0.6) is 5.75 Å². The molecule has 0 saturated heterocycles. The van der Waals surface area contributed by atoms with Crippen LogP contribution in [0.1, 0.15) is 54.7 Å². The number of sulfone groups is 1. The Hall–Kier alpha value is -3.60. The number of benzene rings is 4. The van der Waals surface area contributed by atoms with Crippen molar-refractivity contribution in [3.8, 4) is 5.75 Å². The molecular formula is C30H30N2O6S2. The fourth-order valence-corrected chi connectivity index (χ4v) is 7.46. The van der Waals surface area contributed by atoms with E-state index in [1.54, 1.807) is 18.2 Å². The van der Waals surface area contributed by atoms with Gasteiger partial charge in [0.25, 0.3) is 10.1 Å². The highest BCUT2D eigenvalue weighted by atomic mass is 32.2. The van der Waals surface area contributed by atoms with E-state index >= 15 is 0 Å². The van der Waals surface area contributed by atoms with Gasteiger partial charge in [0, 0.05) is 5.39 Å². The van der Waals surface area contributed by atoms with E-state index in [9.17, 15) is 26.5 Å². The van der Waals surface area contributed by atoms with Crippen molar-refractivity contribution in [3.63, 3.8) is 0 Å². The first-order valence-corrected chi connectivity index (χ1v) is 16.0. The molecule has 0 atom stereocenters. The van der Waals surface area contributed by atoms with Crippen molar-refractivity contribution in [1.29, 1.82) is 0 Å². The summed E-state index contributed by atoms with van der Waals surface area (Å²) in [6.45, 7) is 3.70. The Kier molecular flexibility index (Phi) is 7.52. The highest BCUT2D eigenvalue weighted by molar-refractivity contribution is 7.91. The predicted octanol–water partition coefficient (Wildman–Crippen LogP) is 7.70. The number of hydrogen-bond donors (Lipinski definition) is 2. The van der Waals surface area contributed by atoms with Crippen molar-refractivity contribution in [1.82, 2.24) is 0 Å². The smallest absolute Gasteiger partial charge is 0.296 e. The van der Waals surface area contributed by atoms with Gasteiger partial charge < -0.3 is 5.11 Å². The molecule has 0 bridgehead atoms. The zero-order valence-corrected chi connectivity index (χ0v) is 23.8. The molecule has 1 fully saturated rings. The lowest BCUT2D eigenvalue weighted by molar-refractivity contribution is 0.443. The van der Waals surface area contributed by atoms with E-state index in [-0.39, 0.29) is 20.6 Å². The molecule has 0 heterocycles. The van der Waals surface area contributed by atoms with Crippen molar-refractivity contribution in [2.45, 2.75) is 66.6 Å². The first-order chi connectivity index (χ1) is 19.0. The van der Waals surface area contributed by atoms with Gasteiger partial charge in [0.2, 0.25) is 9.84 Å². The third kappa shape index (κ3) is 5.39. The summed E-state index contributed by atoms with van der Waals surface area (Å²) in [6.07, 6.45) is 5.92. The predicted molar refractivity (Wildman–Crippen MR) is 153 cm³/mol. The van der Waals surface area contributed by atoms with Crippen LogP contribution in [-0.2, 0) is 20.0 Å². The average molecular weight is 579 g/mol. The molecule has 4 aromatic rings. The minimum atomic E-state index is -4.85. The minimum absolute atomic E-state index is 0.0145. The first-order valence-electron chi connectivity index (χ1n) is 13.1. The second-order valence-electron chi connectivity index (χ2n) is 10.3. The maximum Gasteiger partial charge on any atom is 0.296 e. The van der Waals surface area contributed by atoms with Crippen LogP contribution in [0, 0.1) is 13.8 Å². The van der Waals surface area contributed by atoms with Gasteiger partial charge in [-0.25, -0.2) is 8.42 Å². The van der Waals surface area contributed by atoms with E-state index in [1.807, 2.05) is 26.0 Å². The molecule has 1 aliphatic rings. The molecule has 1 saturated carbocycles. The van der Waals surface area contributed by atoms with E-state index in [1.165, 1.54) is 55.2 Å². The van der Waals surface area contributed by atoms with Crippen LogP contribution >= 0.6 is 0 Å². The lowest BCUT2D eigenvalue weighted by Crippen LogP contribution is -2.04. The van der Waals surface area contributed by atoms with Crippen LogP contribution in [0.2, 0.25) is 0 Å². The van der Waals surface area contributed by atoms with Gasteiger partial charge in [-0.1, -0.05) is 61.2 Å². The van der Waals surface area contributed by atoms with Crippen LogP contribution in [-0.4, -0.2) is 26.5 Å². The van der Waals surface area contributed by atoms with Crippen molar-refractivity contribution in [2.75, 3.05) is 0 Å². The zero-order valence-electron chi connectivity index (χ0n) is 22.2. The molecule has 4 aromatic carbocycles. The Morgan fingerprint density at radius 3 is 2.15 bits per heavy atom. The summed E-state index contributed by atoms with van der Waals surface area (Å²) in [5.41, 5.74) is 2.83. The molecule has 8 nitrogen and oxygen atoms in total. The van der Waals surface area contributed by atoms with Crippen LogP contribution in [0.25, 0.3) is 10.8 Å². The molecule has 0 aromatic heterocycles. The molecule has 0 amide bonds. The molecule has 0 radical (unpaired) electrons. The molecule has 208 valence electrons. The van der Waals surface area contributed by atoms with Crippen molar-refractivity contribution < 1.29 is 26.5 Å². The van der Waals surface area contributed by atoms with E-state index in [4.69, 9.17) is 0 Å². The number of azo groups is 1. The Morgan fingerprint density at radius 1 is 0.800 bits per heavy atom. The molecule has 5 rings (SSSR count). The van der Waals surface area contributed by atoms with Crippen molar-refractivity contribution in [2.24, 2.45) is 10.2 Å². The van der Waals surface area contributed by atoms with Crippen LogP contribution in [0.4, 0.5) is 11.4 Å². The van der Waals surface area contributed by atoms with Crippen LogP contribution in [0.15, 0.2) is 91.6 Å². The summed E-state index contributed by atoms with van der Waals surface area (Å²) in [7, 11) is -8.96. The monoisotopic (exact) mass is 578 g/mol. The topological polar surface area (TPSA) is 133 Å². The number of nitrogens with zero attached hydrogens (tertiary/aromatic N) is 2. The fraction of sp³-hybridized carbons (Fsp3) is 0.267. The van der Waals surface area contributed by atoms with Gasteiger partial charge in [-0.2, -0.15) is 13.5 Å². The molecule has 0 unspecified atom stereocenters. The number of fused-ring (bicyclic) bond motifs is 1. The number of aryl methyl sites for hydroxylation is 2. The average Bonchev–Trinajstić information content (AvgIpc) is 2.93. The van der Waals surface area contributed by atoms with E-state index in [0.717, 1.165) is 30.0 Å². The summed E-state index contributed by atoms with van der Waals surface area (Å²) in [5.74, 6) is -0.223. The van der Waals surface area contributed by atoms with Gasteiger partial charge in [0.15, 0.2) is 5.75 Å². The number of hydrogen-bond acceptors (Lipinski definition) is 7. The Labute approximate surface area is 234 Å². The van der Waals surface area contributed by atoms with Gasteiger partial charge >= 0.3 is 0 Å². The molecule has 10 heteroatoms. The van der Waals surface area contributed by atoms with Gasteiger partial charge in [0.05, 0.1) is 15.5 Å². The standard InChI is InChI=1S/C30H30N2O6S2/c1-19-11-14-24(15-12-19)39(34,35)26-10-6-9-23-18-27(40(36,37)38)29(30(33)28(23)26)32-31-25-16-13-22(17-20(25)2)21-7-4-3-5-8-21/h6,9-18,21,33H,3-5,7-8H2,1-2H3,(H,36,37,38). The summed E-state index contributed by atoms with van der Waals surface area (Å²) < 4.78 is 61.7. The maximum absolute atomic E-state index is 13.6.